The second kappa shape index (κ2) is 4.99. The van der Waals surface area contributed by atoms with Crippen molar-refractivity contribution in [2.24, 2.45) is 0 Å². The average molecular weight is 278 g/mol. The summed E-state index contributed by atoms with van der Waals surface area (Å²) in [4.78, 5) is 8.53. The Morgan fingerprint density at radius 2 is 1.93 bits per heavy atom. The lowest BCUT2D eigenvalue weighted by molar-refractivity contribution is 0.271. The highest BCUT2D eigenvalue weighted by Crippen LogP contribution is 2.24. The molecule has 0 aromatic heterocycles. The standard InChI is InChI=1S/C9H10BrO3P/c1-6-3-8(10)4-7(2)9(6)5-13-14(11)12/h3-4H,5H2,1-2H3/p+1. The first kappa shape index (κ1) is 11.8. The first-order valence-corrected chi connectivity index (χ1v) is 5.97. The van der Waals surface area contributed by atoms with Crippen molar-refractivity contribution in [3.8, 4) is 0 Å². The Labute approximate surface area is 92.2 Å². The fourth-order valence-electron chi connectivity index (χ4n) is 1.29. The van der Waals surface area contributed by atoms with Crippen LogP contribution in [0.4, 0.5) is 0 Å². The molecule has 0 radical (unpaired) electrons. The van der Waals surface area contributed by atoms with Gasteiger partial charge in [0.05, 0.1) is 0 Å². The minimum atomic E-state index is -2.52. The molecule has 0 aliphatic heterocycles. The van der Waals surface area contributed by atoms with Crippen LogP contribution in [0.2, 0.25) is 0 Å². The first-order valence-electron chi connectivity index (χ1n) is 4.05. The summed E-state index contributed by atoms with van der Waals surface area (Å²) in [6.07, 6.45) is 0. The minimum absolute atomic E-state index is 0.177. The molecule has 76 valence electrons. The molecule has 0 saturated heterocycles. The van der Waals surface area contributed by atoms with Crippen LogP contribution in [-0.2, 0) is 15.7 Å². The zero-order valence-corrected chi connectivity index (χ0v) is 10.4. The first-order chi connectivity index (χ1) is 6.50. The third-order valence-electron chi connectivity index (χ3n) is 1.98. The maximum Gasteiger partial charge on any atom is 0.695 e. The van der Waals surface area contributed by atoms with Gasteiger partial charge in [0, 0.05) is 9.04 Å². The van der Waals surface area contributed by atoms with Crippen molar-refractivity contribution in [3.05, 3.63) is 33.3 Å². The van der Waals surface area contributed by atoms with Crippen molar-refractivity contribution in [3.63, 3.8) is 0 Å². The topological polar surface area (TPSA) is 46.5 Å². The molecule has 1 unspecified atom stereocenters. The molecule has 0 bridgehead atoms. The molecule has 0 saturated carbocycles. The quantitative estimate of drug-likeness (QED) is 0.863. The van der Waals surface area contributed by atoms with Crippen LogP contribution in [0.1, 0.15) is 16.7 Å². The van der Waals surface area contributed by atoms with Gasteiger partial charge in [0.2, 0.25) is 0 Å². The van der Waals surface area contributed by atoms with E-state index in [4.69, 9.17) is 4.89 Å². The van der Waals surface area contributed by atoms with Gasteiger partial charge in [0.25, 0.3) is 0 Å². The normalized spacial score (nSPS) is 11.6. The van der Waals surface area contributed by atoms with Crippen LogP contribution in [-0.4, -0.2) is 4.89 Å². The van der Waals surface area contributed by atoms with Gasteiger partial charge in [-0.25, -0.2) is 0 Å². The summed E-state index contributed by atoms with van der Waals surface area (Å²) in [5.74, 6) is 0. The van der Waals surface area contributed by atoms with Gasteiger partial charge in [-0.05, 0) is 42.7 Å². The molecule has 14 heavy (non-hydrogen) atoms. The van der Waals surface area contributed by atoms with E-state index in [2.05, 4.69) is 20.5 Å². The average Bonchev–Trinajstić information content (AvgIpc) is 2.01. The van der Waals surface area contributed by atoms with Crippen molar-refractivity contribution in [2.45, 2.75) is 20.5 Å². The zero-order valence-electron chi connectivity index (χ0n) is 7.95. The number of rotatable bonds is 3. The molecule has 1 rings (SSSR count). The van der Waals surface area contributed by atoms with Crippen LogP contribution in [0.15, 0.2) is 16.6 Å². The molecule has 1 atom stereocenters. The summed E-state index contributed by atoms with van der Waals surface area (Å²) in [5, 5.41) is 0. The van der Waals surface area contributed by atoms with Gasteiger partial charge in [0.1, 0.15) is 6.61 Å². The molecular formula is C9H11BrO3P+. The van der Waals surface area contributed by atoms with Crippen LogP contribution in [0, 0.1) is 13.8 Å². The Morgan fingerprint density at radius 3 is 2.36 bits per heavy atom. The van der Waals surface area contributed by atoms with E-state index >= 15 is 0 Å². The molecule has 3 nitrogen and oxygen atoms in total. The SMILES string of the molecule is Cc1cc(Br)cc(C)c1CO[P+](=O)O. The summed E-state index contributed by atoms with van der Waals surface area (Å²) in [6.45, 7) is 4.07. The summed E-state index contributed by atoms with van der Waals surface area (Å²) in [5.41, 5.74) is 3.06. The molecule has 0 amide bonds. The summed E-state index contributed by atoms with van der Waals surface area (Å²) < 4.78 is 16.1. The van der Waals surface area contributed by atoms with E-state index in [1.54, 1.807) is 0 Å². The van der Waals surface area contributed by atoms with Crippen molar-refractivity contribution in [2.75, 3.05) is 0 Å². The summed E-state index contributed by atoms with van der Waals surface area (Å²) in [6, 6.07) is 3.91. The molecule has 0 aliphatic rings. The third-order valence-corrected chi connectivity index (χ3v) is 2.79. The second-order valence-corrected chi connectivity index (χ2v) is 4.68. The Morgan fingerprint density at radius 1 is 1.43 bits per heavy atom. The van der Waals surface area contributed by atoms with Gasteiger partial charge < -0.3 is 0 Å². The number of hydrogen-bond donors (Lipinski definition) is 1. The number of aryl methyl sites for hydroxylation is 2. The highest BCUT2D eigenvalue weighted by molar-refractivity contribution is 9.10. The van der Waals surface area contributed by atoms with Gasteiger partial charge in [-0.2, -0.15) is 0 Å². The van der Waals surface area contributed by atoms with Gasteiger partial charge in [-0.15, -0.1) is 9.42 Å². The lowest BCUT2D eigenvalue weighted by atomic mass is 10.0. The van der Waals surface area contributed by atoms with E-state index < -0.39 is 8.25 Å². The van der Waals surface area contributed by atoms with Gasteiger partial charge in [-0.3, -0.25) is 0 Å². The molecular weight excluding hydrogens is 267 g/mol. The summed E-state index contributed by atoms with van der Waals surface area (Å²) >= 11 is 3.38. The molecule has 5 heteroatoms. The van der Waals surface area contributed by atoms with E-state index in [0.29, 0.717) is 0 Å². The Bertz CT molecular complexity index is 342. The second-order valence-electron chi connectivity index (χ2n) is 3.03. The molecule has 1 N–H and O–H groups in total. The largest absolute Gasteiger partial charge is 0.695 e. The summed E-state index contributed by atoms with van der Waals surface area (Å²) in [7, 11) is -2.52. The van der Waals surface area contributed by atoms with Crippen LogP contribution >= 0.6 is 24.2 Å². The lowest BCUT2D eigenvalue weighted by Crippen LogP contribution is -1.94. The van der Waals surface area contributed by atoms with Gasteiger partial charge in [-0.1, -0.05) is 15.9 Å². The maximum atomic E-state index is 10.4. The molecule has 0 aliphatic carbocycles. The van der Waals surface area contributed by atoms with Crippen LogP contribution in [0.3, 0.4) is 0 Å². The molecule has 0 heterocycles. The van der Waals surface area contributed by atoms with Crippen molar-refractivity contribution >= 4 is 24.2 Å². The van der Waals surface area contributed by atoms with Crippen molar-refractivity contribution in [1.29, 1.82) is 0 Å². The van der Waals surface area contributed by atoms with E-state index in [0.717, 1.165) is 21.2 Å². The third kappa shape index (κ3) is 3.14. The highest BCUT2D eigenvalue weighted by Gasteiger charge is 2.14. The number of benzene rings is 1. The predicted molar refractivity (Wildman–Crippen MR) is 58.2 cm³/mol. The Balaban J connectivity index is 2.91. The monoisotopic (exact) mass is 277 g/mol. The van der Waals surface area contributed by atoms with Crippen molar-refractivity contribution in [1.82, 2.24) is 0 Å². The van der Waals surface area contributed by atoms with E-state index in [1.807, 2.05) is 26.0 Å². The Kier molecular flexibility index (Phi) is 4.20. The lowest BCUT2D eigenvalue weighted by Gasteiger charge is -2.06. The minimum Gasteiger partial charge on any atom is -0.133 e. The van der Waals surface area contributed by atoms with Crippen LogP contribution < -0.4 is 0 Å². The van der Waals surface area contributed by atoms with Crippen molar-refractivity contribution < 1.29 is 14.0 Å². The molecule has 1 aromatic rings. The Hall–Kier alpha value is -0.280. The van der Waals surface area contributed by atoms with Crippen LogP contribution in [0.25, 0.3) is 0 Å². The fraction of sp³-hybridized carbons (Fsp3) is 0.333. The fourth-order valence-corrected chi connectivity index (χ4v) is 2.21. The zero-order chi connectivity index (χ0) is 10.7. The highest BCUT2D eigenvalue weighted by atomic mass is 79.9. The predicted octanol–water partition coefficient (Wildman–Crippen LogP) is 3.23. The van der Waals surface area contributed by atoms with E-state index in [9.17, 15) is 4.57 Å². The molecule has 0 fully saturated rings. The van der Waals surface area contributed by atoms with Crippen LogP contribution in [0.5, 0.6) is 0 Å². The van der Waals surface area contributed by atoms with E-state index in [-0.39, 0.29) is 6.61 Å². The molecule has 0 spiro atoms. The molecule has 1 aromatic carbocycles. The smallest absolute Gasteiger partial charge is 0.133 e. The van der Waals surface area contributed by atoms with Gasteiger partial charge >= 0.3 is 8.25 Å². The number of hydrogen-bond acceptors (Lipinski definition) is 2. The van der Waals surface area contributed by atoms with E-state index in [1.165, 1.54) is 0 Å². The maximum absolute atomic E-state index is 10.4. The number of halogens is 1. The van der Waals surface area contributed by atoms with Gasteiger partial charge in [0.15, 0.2) is 0 Å².